The molecule has 1 atom stereocenters. The Morgan fingerprint density at radius 2 is 2.19 bits per heavy atom. The second kappa shape index (κ2) is 7.06. The van der Waals surface area contributed by atoms with Gasteiger partial charge in [0.15, 0.2) is 0 Å². The Bertz CT molecular complexity index is 288. The fourth-order valence-corrected chi connectivity index (χ4v) is 1.28. The molecule has 0 aromatic carbocycles. The highest BCUT2D eigenvalue weighted by molar-refractivity contribution is 5.22. The van der Waals surface area contributed by atoms with Crippen LogP contribution in [0.3, 0.4) is 0 Å². The van der Waals surface area contributed by atoms with Gasteiger partial charge >= 0.3 is 0 Å². The summed E-state index contributed by atoms with van der Waals surface area (Å²) in [6, 6.07) is 3.69. The van der Waals surface area contributed by atoms with Gasteiger partial charge < -0.3 is 14.8 Å². The van der Waals surface area contributed by atoms with E-state index in [4.69, 9.17) is 9.47 Å². The van der Waals surface area contributed by atoms with Crippen LogP contribution in [-0.4, -0.2) is 30.8 Å². The van der Waals surface area contributed by atoms with E-state index in [1.165, 1.54) is 0 Å². The third-order valence-electron chi connectivity index (χ3n) is 2.02. The fourth-order valence-electron chi connectivity index (χ4n) is 1.28. The Morgan fingerprint density at radius 1 is 1.38 bits per heavy atom. The van der Waals surface area contributed by atoms with Crippen LogP contribution >= 0.6 is 0 Å². The van der Waals surface area contributed by atoms with Gasteiger partial charge in [0, 0.05) is 12.6 Å². The second-order valence-corrected chi connectivity index (χ2v) is 3.50. The van der Waals surface area contributed by atoms with E-state index in [1.54, 1.807) is 6.20 Å². The molecule has 0 aliphatic carbocycles. The Morgan fingerprint density at radius 3 is 2.75 bits per heavy atom. The predicted molar refractivity (Wildman–Crippen MR) is 64.0 cm³/mol. The lowest BCUT2D eigenvalue weighted by Gasteiger charge is -2.14. The molecule has 4 nitrogen and oxygen atoms in total. The van der Waals surface area contributed by atoms with Crippen molar-refractivity contribution in [2.24, 2.45) is 0 Å². The normalized spacial score (nSPS) is 12.2. The van der Waals surface area contributed by atoms with Crippen molar-refractivity contribution in [2.45, 2.75) is 26.9 Å². The maximum Gasteiger partial charge on any atom is 0.213 e. The molecule has 0 aliphatic rings. The average molecular weight is 224 g/mol. The van der Waals surface area contributed by atoms with Gasteiger partial charge in [-0.1, -0.05) is 6.92 Å². The molecule has 1 heterocycles. The highest BCUT2D eigenvalue weighted by atomic mass is 16.5. The molecule has 0 bridgehead atoms. The van der Waals surface area contributed by atoms with Crippen LogP contribution < -0.4 is 14.8 Å². The molecule has 1 rings (SSSR count). The minimum atomic E-state index is 0.116. The molecule has 0 amide bonds. The first-order chi connectivity index (χ1) is 7.76. The van der Waals surface area contributed by atoms with E-state index in [2.05, 4.69) is 17.2 Å². The average Bonchev–Trinajstić information content (AvgIpc) is 2.29. The van der Waals surface area contributed by atoms with Crippen molar-refractivity contribution in [1.29, 1.82) is 0 Å². The molecule has 1 aromatic heterocycles. The number of hydrogen-bond acceptors (Lipinski definition) is 4. The summed E-state index contributed by atoms with van der Waals surface area (Å²) in [5, 5.41) is 3.22. The zero-order valence-electron chi connectivity index (χ0n) is 10.2. The van der Waals surface area contributed by atoms with Gasteiger partial charge in [-0.25, -0.2) is 4.98 Å². The van der Waals surface area contributed by atoms with Gasteiger partial charge in [-0.2, -0.15) is 0 Å². The van der Waals surface area contributed by atoms with Crippen LogP contribution in [0.4, 0.5) is 0 Å². The van der Waals surface area contributed by atoms with Gasteiger partial charge in [0.1, 0.15) is 11.9 Å². The number of nitrogens with one attached hydrogen (secondary N) is 1. The summed E-state index contributed by atoms with van der Waals surface area (Å²) < 4.78 is 10.9. The van der Waals surface area contributed by atoms with E-state index in [9.17, 15) is 0 Å². The van der Waals surface area contributed by atoms with E-state index in [1.807, 2.05) is 26.0 Å². The summed E-state index contributed by atoms with van der Waals surface area (Å²) in [4.78, 5) is 4.17. The van der Waals surface area contributed by atoms with Crippen molar-refractivity contribution >= 4 is 0 Å². The Labute approximate surface area is 97.0 Å². The summed E-state index contributed by atoms with van der Waals surface area (Å²) in [5.41, 5.74) is 0. The minimum Gasteiger partial charge on any atom is -0.492 e. The third kappa shape index (κ3) is 4.49. The lowest BCUT2D eigenvalue weighted by atomic mass is 10.4. The van der Waals surface area contributed by atoms with Crippen molar-refractivity contribution in [2.75, 3.05) is 19.7 Å². The summed E-state index contributed by atoms with van der Waals surface area (Å²) in [6.45, 7) is 8.46. The van der Waals surface area contributed by atoms with Gasteiger partial charge in [0.2, 0.25) is 5.88 Å². The number of pyridine rings is 1. The third-order valence-corrected chi connectivity index (χ3v) is 2.02. The fraction of sp³-hybridized carbons (Fsp3) is 0.583. The van der Waals surface area contributed by atoms with Crippen LogP contribution in [0.2, 0.25) is 0 Å². The highest BCUT2D eigenvalue weighted by Gasteiger charge is 2.04. The lowest BCUT2D eigenvalue weighted by molar-refractivity contribution is 0.209. The number of rotatable bonds is 7. The van der Waals surface area contributed by atoms with E-state index in [0.717, 1.165) is 18.8 Å². The molecule has 0 saturated heterocycles. The van der Waals surface area contributed by atoms with Crippen LogP contribution in [-0.2, 0) is 0 Å². The first kappa shape index (κ1) is 12.8. The van der Waals surface area contributed by atoms with Gasteiger partial charge in [-0.15, -0.1) is 0 Å². The Kier molecular flexibility index (Phi) is 5.64. The first-order valence-electron chi connectivity index (χ1n) is 5.72. The monoisotopic (exact) mass is 224 g/mol. The van der Waals surface area contributed by atoms with Crippen molar-refractivity contribution in [3.8, 4) is 11.6 Å². The van der Waals surface area contributed by atoms with Crippen molar-refractivity contribution in [1.82, 2.24) is 10.3 Å². The van der Waals surface area contributed by atoms with Gasteiger partial charge in [0.25, 0.3) is 0 Å². The van der Waals surface area contributed by atoms with Crippen LogP contribution in [0.25, 0.3) is 0 Å². The minimum absolute atomic E-state index is 0.116. The van der Waals surface area contributed by atoms with E-state index >= 15 is 0 Å². The molecule has 0 saturated carbocycles. The van der Waals surface area contributed by atoms with Crippen molar-refractivity contribution in [3.63, 3.8) is 0 Å². The molecule has 0 aliphatic heterocycles. The molecule has 90 valence electrons. The smallest absolute Gasteiger partial charge is 0.213 e. The van der Waals surface area contributed by atoms with E-state index in [-0.39, 0.29) is 6.10 Å². The van der Waals surface area contributed by atoms with Crippen LogP contribution in [0.1, 0.15) is 20.8 Å². The molecule has 0 spiro atoms. The van der Waals surface area contributed by atoms with Crippen LogP contribution in [0.15, 0.2) is 18.3 Å². The Balaban J connectivity index is 2.41. The molecular weight excluding hydrogens is 204 g/mol. The molecular formula is C12H20N2O2. The van der Waals surface area contributed by atoms with Crippen molar-refractivity contribution in [3.05, 3.63) is 18.3 Å². The van der Waals surface area contributed by atoms with Gasteiger partial charge in [-0.05, 0) is 26.5 Å². The number of aromatic nitrogens is 1. The molecule has 0 radical (unpaired) electrons. The highest BCUT2D eigenvalue weighted by Crippen LogP contribution is 2.14. The van der Waals surface area contributed by atoms with Crippen LogP contribution in [0.5, 0.6) is 11.6 Å². The largest absolute Gasteiger partial charge is 0.492 e. The molecule has 0 fully saturated rings. The quantitative estimate of drug-likeness (QED) is 0.767. The number of nitrogens with zero attached hydrogens (tertiary/aromatic N) is 1. The predicted octanol–water partition coefficient (Wildman–Crippen LogP) is 1.86. The second-order valence-electron chi connectivity index (χ2n) is 3.50. The standard InChI is InChI=1S/C12H20N2O2/c1-4-13-8-10(3)16-12-7-6-11(9-14-12)15-5-2/h6-7,9-10,13H,4-5,8H2,1-3H3/t10-/m0/s1. The molecule has 1 aromatic rings. The Hall–Kier alpha value is -1.29. The van der Waals surface area contributed by atoms with E-state index < -0.39 is 0 Å². The number of likely N-dealkylation sites (N-methyl/N-ethyl adjacent to an activating group) is 1. The molecule has 16 heavy (non-hydrogen) atoms. The van der Waals surface area contributed by atoms with Gasteiger partial charge in [0.05, 0.1) is 12.8 Å². The maximum atomic E-state index is 5.62. The zero-order chi connectivity index (χ0) is 11.8. The van der Waals surface area contributed by atoms with Crippen LogP contribution in [0, 0.1) is 0 Å². The van der Waals surface area contributed by atoms with E-state index in [0.29, 0.717) is 12.5 Å². The topological polar surface area (TPSA) is 43.4 Å². The van der Waals surface area contributed by atoms with Crippen molar-refractivity contribution < 1.29 is 9.47 Å². The molecule has 4 heteroatoms. The zero-order valence-corrected chi connectivity index (χ0v) is 10.2. The SMILES string of the molecule is CCNC[C@H](C)Oc1ccc(OCC)cn1. The number of hydrogen-bond donors (Lipinski definition) is 1. The number of ether oxygens (including phenoxy) is 2. The summed E-state index contributed by atoms with van der Waals surface area (Å²) in [6.07, 6.45) is 1.80. The summed E-state index contributed by atoms with van der Waals surface area (Å²) >= 11 is 0. The summed E-state index contributed by atoms with van der Waals surface area (Å²) in [7, 11) is 0. The lowest BCUT2D eigenvalue weighted by Crippen LogP contribution is -2.28. The summed E-state index contributed by atoms with van der Waals surface area (Å²) in [5.74, 6) is 1.41. The molecule has 1 N–H and O–H groups in total. The maximum absolute atomic E-state index is 5.62. The van der Waals surface area contributed by atoms with Gasteiger partial charge in [-0.3, -0.25) is 0 Å². The first-order valence-corrected chi connectivity index (χ1v) is 5.72. The molecule has 0 unspecified atom stereocenters.